The Balaban J connectivity index is 2.82. The highest BCUT2D eigenvalue weighted by atomic mass is 16.4. The number of carbonyl (C=O) groups excluding carboxylic acids is 1. The minimum atomic E-state index is -1.23. The smallest absolute Gasteiger partial charge is 0.329 e. The maximum atomic E-state index is 11.8. The highest BCUT2D eigenvalue weighted by Gasteiger charge is 2.33. The molecule has 1 atom stereocenters. The van der Waals surface area contributed by atoms with Crippen LogP contribution >= 0.6 is 0 Å². The Hall–Kier alpha value is -1.91. The van der Waals surface area contributed by atoms with Crippen LogP contribution in [0.1, 0.15) is 37.0 Å². The largest absolute Gasteiger partial charge is 0.480 e. The number of hydrogen-bond donors (Lipinski definition) is 2. The molecule has 2 N–H and O–H groups in total. The third-order valence-corrected chi connectivity index (χ3v) is 2.55. The zero-order valence-electron chi connectivity index (χ0n) is 9.93. The molecule has 17 heavy (non-hydrogen) atoms. The lowest BCUT2D eigenvalue weighted by atomic mass is 9.96. The molecule has 1 unspecified atom stereocenters. The minimum Gasteiger partial charge on any atom is -0.480 e. The molecule has 1 heterocycles. The molecule has 0 aliphatic rings. The zero-order valence-corrected chi connectivity index (χ0v) is 9.93. The van der Waals surface area contributed by atoms with Crippen molar-refractivity contribution in [1.82, 2.24) is 10.3 Å². The van der Waals surface area contributed by atoms with Crippen LogP contribution in [0, 0.1) is 0 Å². The fourth-order valence-electron chi connectivity index (χ4n) is 1.55. The van der Waals surface area contributed by atoms with Gasteiger partial charge < -0.3 is 10.4 Å². The number of hydrogen-bond acceptors (Lipinski definition) is 3. The van der Waals surface area contributed by atoms with Crippen LogP contribution in [-0.2, 0) is 4.79 Å². The molecular weight excluding hydrogens is 220 g/mol. The highest BCUT2D eigenvalue weighted by Crippen LogP contribution is 2.13. The van der Waals surface area contributed by atoms with Crippen molar-refractivity contribution in [3.63, 3.8) is 0 Å². The minimum absolute atomic E-state index is 0.388. The summed E-state index contributed by atoms with van der Waals surface area (Å²) in [5, 5.41) is 11.7. The van der Waals surface area contributed by atoms with Gasteiger partial charge in [0.25, 0.3) is 5.91 Å². The van der Waals surface area contributed by atoms with Gasteiger partial charge in [-0.1, -0.05) is 13.3 Å². The molecule has 0 fully saturated rings. The Kier molecular flexibility index (Phi) is 4.20. The lowest BCUT2D eigenvalue weighted by molar-refractivity contribution is -0.144. The summed E-state index contributed by atoms with van der Waals surface area (Å²) >= 11 is 0. The summed E-state index contributed by atoms with van der Waals surface area (Å²) < 4.78 is 0. The molecule has 0 aliphatic heterocycles. The Bertz CT molecular complexity index is 405. The molecule has 0 aromatic carbocycles. The van der Waals surface area contributed by atoms with E-state index in [1.165, 1.54) is 19.3 Å². The van der Waals surface area contributed by atoms with Crippen molar-refractivity contribution in [1.29, 1.82) is 0 Å². The standard InChI is InChI=1S/C12H16N2O3/c1-3-6-12(2,11(16)17)14-10(15)9-4-7-13-8-5-9/h4-5,7-8H,3,6H2,1-2H3,(H,14,15)(H,16,17). The van der Waals surface area contributed by atoms with E-state index >= 15 is 0 Å². The molecule has 0 aliphatic carbocycles. The summed E-state index contributed by atoms with van der Waals surface area (Å²) in [6.45, 7) is 3.39. The zero-order chi connectivity index (χ0) is 12.9. The normalized spacial score (nSPS) is 13.8. The third kappa shape index (κ3) is 3.27. The summed E-state index contributed by atoms with van der Waals surface area (Å²) in [7, 11) is 0. The van der Waals surface area contributed by atoms with E-state index in [1.807, 2.05) is 6.92 Å². The van der Waals surface area contributed by atoms with E-state index in [9.17, 15) is 9.59 Å². The van der Waals surface area contributed by atoms with Crippen LogP contribution in [-0.4, -0.2) is 27.5 Å². The van der Waals surface area contributed by atoms with Crippen molar-refractivity contribution in [2.75, 3.05) is 0 Å². The van der Waals surface area contributed by atoms with Crippen molar-refractivity contribution in [2.45, 2.75) is 32.2 Å². The van der Waals surface area contributed by atoms with Gasteiger partial charge in [0.15, 0.2) is 0 Å². The van der Waals surface area contributed by atoms with Gasteiger partial charge in [0.2, 0.25) is 0 Å². The van der Waals surface area contributed by atoms with Gasteiger partial charge in [-0.15, -0.1) is 0 Å². The maximum absolute atomic E-state index is 11.8. The molecule has 0 radical (unpaired) electrons. The number of amides is 1. The number of aliphatic carboxylic acids is 1. The van der Waals surface area contributed by atoms with E-state index in [-0.39, 0.29) is 0 Å². The number of nitrogens with zero attached hydrogens (tertiary/aromatic N) is 1. The van der Waals surface area contributed by atoms with E-state index in [2.05, 4.69) is 10.3 Å². The Labute approximate surface area is 99.9 Å². The van der Waals surface area contributed by atoms with Crippen LogP contribution < -0.4 is 5.32 Å². The molecule has 0 bridgehead atoms. The Morgan fingerprint density at radius 1 is 1.41 bits per heavy atom. The van der Waals surface area contributed by atoms with Gasteiger partial charge in [-0.05, 0) is 25.5 Å². The van der Waals surface area contributed by atoms with Crippen LogP contribution in [0.25, 0.3) is 0 Å². The first-order valence-electron chi connectivity index (χ1n) is 5.45. The van der Waals surface area contributed by atoms with Crippen LogP contribution in [0.15, 0.2) is 24.5 Å². The number of carboxylic acids is 1. The average Bonchev–Trinajstić information content (AvgIpc) is 2.30. The van der Waals surface area contributed by atoms with E-state index in [1.54, 1.807) is 12.1 Å². The second kappa shape index (κ2) is 5.43. The van der Waals surface area contributed by atoms with Crippen LogP contribution in [0.2, 0.25) is 0 Å². The van der Waals surface area contributed by atoms with Crippen molar-refractivity contribution in [2.24, 2.45) is 0 Å². The predicted molar refractivity (Wildman–Crippen MR) is 62.7 cm³/mol. The van der Waals surface area contributed by atoms with Crippen LogP contribution in [0.3, 0.4) is 0 Å². The lowest BCUT2D eigenvalue weighted by Gasteiger charge is -2.25. The van der Waals surface area contributed by atoms with Crippen molar-refractivity contribution in [3.05, 3.63) is 30.1 Å². The molecule has 92 valence electrons. The molecule has 1 aromatic heterocycles. The van der Waals surface area contributed by atoms with Gasteiger partial charge in [0, 0.05) is 18.0 Å². The first kappa shape index (κ1) is 13.2. The van der Waals surface area contributed by atoms with Crippen molar-refractivity contribution in [3.8, 4) is 0 Å². The summed E-state index contributed by atoms with van der Waals surface area (Å²) in [4.78, 5) is 26.8. The molecule has 0 spiro atoms. The number of aromatic nitrogens is 1. The SMILES string of the molecule is CCCC(C)(NC(=O)c1ccncc1)C(=O)O. The summed E-state index contributed by atoms with van der Waals surface area (Å²) in [6.07, 6.45) is 4.05. The molecular formula is C12H16N2O3. The summed E-state index contributed by atoms with van der Waals surface area (Å²) in [5.74, 6) is -1.42. The number of carboxylic acid groups (broad SMARTS) is 1. The first-order valence-corrected chi connectivity index (χ1v) is 5.45. The molecule has 1 rings (SSSR count). The van der Waals surface area contributed by atoms with Crippen molar-refractivity contribution >= 4 is 11.9 Å². The molecule has 0 saturated carbocycles. The van der Waals surface area contributed by atoms with Gasteiger partial charge in [-0.3, -0.25) is 9.78 Å². The van der Waals surface area contributed by atoms with Crippen LogP contribution in [0.5, 0.6) is 0 Å². The summed E-state index contributed by atoms with van der Waals surface area (Å²) in [5.41, 5.74) is -0.821. The lowest BCUT2D eigenvalue weighted by Crippen LogP contribution is -2.52. The molecule has 1 aromatic rings. The predicted octanol–water partition coefficient (Wildman–Crippen LogP) is 1.45. The topological polar surface area (TPSA) is 79.3 Å². The molecule has 5 nitrogen and oxygen atoms in total. The van der Waals surface area contributed by atoms with Crippen molar-refractivity contribution < 1.29 is 14.7 Å². The number of carbonyl (C=O) groups is 2. The average molecular weight is 236 g/mol. The van der Waals surface area contributed by atoms with E-state index in [0.29, 0.717) is 18.4 Å². The Morgan fingerprint density at radius 3 is 2.47 bits per heavy atom. The second-order valence-corrected chi connectivity index (χ2v) is 4.08. The molecule has 0 saturated heterocycles. The van der Waals surface area contributed by atoms with E-state index in [4.69, 9.17) is 5.11 Å². The highest BCUT2D eigenvalue weighted by molar-refractivity contribution is 5.97. The number of pyridine rings is 1. The second-order valence-electron chi connectivity index (χ2n) is 4.08. The Morgan fingerprint density at radius 2 is 2.00 bits per heavy atom. The molecule has 1 amide bonds. The van der Waals surface area contributed by atoms with Gasteiger partial charge >= 0.3 is 5.97 Å². The van der Waals surface area contributed by atoms with Gasteiger partial charge in [0.05, 0.1) is 0 Å². The fourth-order valence-corrected chi connectivity index (χ4v) is 1.55. The maximum Gasteiger partial charge on any atom is 0.329 e. The molecule has 5 heteroatoms. The number of rotatable bonds is 5. The van der Waals surface area contributed by atoms with Gasteiger partial charge in [0.1, 0.15) is 5.54 Å². The quantitative estimate of drug-likeness (QED) is 0.811. The monoisotopic (exact) mass is 236 g/mol. The summed E-state index contributed by atoms with van der Waals surface area (Å²) in [6, 6.07) is 3.09. The van der Waals surface area contributed by atoms with Crippen LogP contribution in [0.4, 0.5) is 0 Å². The third-order valence-electron chi connectivity index (χ3n) is 2.55. The first-order chi connectivity index (χ1) is 7.99. The number of nitrogens with one attached hydrogen (secondary N) is 1. The van der Waals surface area contributed by atoms with Gasteiger partial charge in [-0.2, -0.15) is 0 Å². The van der Waals surface area contributed by atoms with Gasteiger partial charge in [-0.25, -0.2) is 4.79 Å². The van der Waals surface area contributed by atoms with E-state index in [0.717, 1.165) is 0 Å². The van der Waals surface area contributed by atoms with E-state index < -0.39 is 17.4 Å². The fraction of sp³-hybridized carbons (Fsp3) is 0.417.